The monoisotopic (exact) mass is 373 g/mol. The summed E-state index contributed by atoms with van der Waals surface area (Å²) in [6.45, 7) is 2.03. The number of rotatable bonds is 4. The van der Waals surface area contributed by atoms with Gasteiger partial charge in [-0.1, -0.05) is 11.8 Å². The molecule has 8 heteroatoms. The quantitative estimate of drug-likeness (QED) is 0.759. The number of hydrogen-bond donors (Lipinski definition) is 1. The van der Waals surface area contributed by atoms with Crippen molar-refractivity contribution < 1.29 is 4.79 Å². The van der Waals surface area contributed by atoms with Gasteiger partial charge in [-0.15, -0.1) is 11.3 Å². The molecular weight excluding hydrogens is 354 g/mol. The highest BCUT2D eigenvalue weighted by atomic mass is 32.2. The lowest BCUT2D eigenvalue weighted by molar-refractivity contribution is 0.0923. The Morgan fingerprint density at radius 3 is 2.88 bits per heavy atom. The van der Waals surface area contributed by atoms with Gasteiger partial charge in [-0.2, -0.15) is 0 Å². The summed E-state index contributed by atoms with van der Waals surface area (Å²) in [6, 6.07) is 2.04. The van der Waals surface area contributed by atoms with E-state index in [1.54, 1.807) is 28.1 Å². The van der Waals surface area contributed by atoms with Gasteiger partial charge in [0.25, 0.3) is 5.91 Å². The third-order valence-electron chi connectivity index (χ3n) is 4.34. The summed E-state index contributed by atoms with van der Waals surface area (Å²) < 4.78 is 2.92. The zero-order chi connectivity index (χ0) is 17.2. The largest absolute Gasteiger partial charge is 0.348 e. The average molecular weight is 374 g/mol. The molecule has 0 aliphatic heterocycles. The second-order valence-corrected chi connectivity index (χ2v) is 8.68. The molecule has 0 aromatic carbocycles. The fourth-order valence-electron chi connectivity index (χ4n) is 3.05. The SMILES string of the molecule is Cc1csc(SC2CCC(NC(=O)c3cn4cccnc4n3)CC2)n1. The number of hydrogen-bond acceptors (Lipinski definition) is 6. The molecule has 6 nitrogen and oxygen atoms in total. The van der Waals surface area contributed by atoms with Gasteiger partial charge < -0.3 is 5.32 Å². The Labute approximate surface area is 154 Å². The van der Waals surface area contributed by atoms with Crippen molar-refractivity contribution in [2.75, 3.05) is 0 Å². The van der Waals surface area contributed by atoms with E-state index >= 15 is 0 Å². The van der Waals surface area contributed by atoms with E-state index in [1.807, 2.05) is 30.9 Å². The Hall–Kier alpha value is -1.93. The molecule has 0 radical (unpaired) electrons. The standard InChI is InChI=1S/C17H19N5OS2/c1-11-10-24-17(19-11)25-13-5-3-12(4-6-13)20-15(23)14-9-22-8-2-7-18-16(22)21-14/h2,7-10,12-13H,3-6H2,1H3,(H,20,23). The topological polar surface area (TPSA) is 72.2 Å². The van der Waals surface area contributed by atoms with Crippen LogP contribution < -0.4 is 5.32 Å². The lowest BCUT2D eigenvalue weighted by atomic mass is 9.95. The van der Waals surface area contributed by atoms with E-state index in [4.69, 9.17) is 0 Å². The molecule has 130 valence electrons. The minimum absolute atomic E-state index is 0.114. The van der Waals surface area contributed by atoms with Crippen LogP contribution in [-0.2, 0) is 0 Å². The first-order valence-electron chi connectivity index (χ1n) is 8.37. The summed E-state index contributed by atoms with van der Waals surface area (Å²) in [7, 11) is 0. The van der Waals surface area contributed by atoms with E-state index in [2.05, 4.69) is 25.6 Å². The Balaban J connectivity index is 1.31. The average Bonchev–Trinajstić information content (AvgIpc) is 3.22. The number of nitrogens with one attached hydrogen (secondary N) is 1. The predicted octanol–water partition coefficient (Wildman–Crippen LogP) is 3.33. The zero-order valence-corrected chi connectivity index (χ0v) is 15.5. The molecule has 0 unspecified atom stereocenters. The van der Waals surface area contributed by atoms with Crippen molar-refractivity contribution in [2.45, 2.75) is 48.2 Å². The smallest absolute Gasteiger partial charge is 0.271 e. The van der Waals surface area contributed by atoms with E-state index in [0.29, 0.717) is 16.7 Å². The molecule has 0 bridgehead atoms. The molecule has 1 fully saturated rings. The van der Waals surface area contributed by atoms with E-state index in [0.717, 1.165) is 35.7 Å². The van der Waals surface area contributed by atoms with Gasteiger partial charge in [0, 0.05) is 41.0 Å². The molecule has 25 heavy (non-hydrogen) atoms. The maximum atomic E-state index is 12.4. The Morgan fingerprint density at radius 2 is 2.16 bits per heavy atom. The van der Waals surface area contributed by atoms with Crippen LogP contribution >= 0.6 is 23.1 Å². The number of amides is 1. The summed E-state index contributed by atoms with van der Waals surface area (Å²) in [5.74, 6) is 0.434. The van der Waals surface area contributed by atoms with Gasteiger partial charge >= 0.3 is 0 Å². The number of thioether (sulfide) groups is 1. The van der Waals surface area contributed by atoms with Crippen LogP contribution in [0.4, 0.5) is 0 Å². The first kappa shape index (κ1) is 16.5. The van der Waals surface area contributed by atoms with Crippen LogP contribution in [0.3, 0.4) is 0 Å². The Bertz CT molecular complexity index is 849. The number of thiazole rings is 1. The van der Waals surface area contributed by atoms with Crippen LogP contribution in [0.15, 0.2) is 34.4 Å². The zero-order valence-electron chi connectivity index (χ0n) is 13.9. The fraction of sp³-hybridized carbons (Fsp3) is 0.412. The fourth-order valence-corrected chi connectivity index (χ4v) is 5.34. The molecule has 4 rings (SSSR count). The third-order valence-corrected chi connectivity index (χ3v) is 6.77. The summed E-state index contributed by atoms with van der Waals surface area (Å²) >= 11 is 3.60. The van der Waals surface area contributed by atoms with E-state index in [1.165, 1.54) is 0 Å². The molecule has 1 N–H and O–H groups in total. The van der Waals surface area contributed by atoms with Crippen molar-refractivity contribution in [2.24, 2.45) is 0 Å². The number of fused-ring (bicyclic) bond motifs is 1. The second-order valence-electron chi connectivity index (χ2n) is 6.27. The highest BCUT2D eigenvalue weighted by Gasteiger charge is 2.25. The van der Waals surface area contributed by atoms with Gasteiger partial charge in [0.15, 0.2) is 0 Å². The van der Waals surface area contributed by atoms with Gasteiger partial charge in [-0.25, -0.2) is 15.0 Å². The molecule has 3 aromatic heterocycles. The van der Waals surface area contributed by atoms with Gasteiger partial charge in [-0.05, 0) is 38.7 Å². The van der Waals surface area contributed by atoms with Crippen LogP contribution in [0.2, 0.25) is 0 Å². The van der Waals surface area contributed by atoms with Crippen molar-refractivity contribution >= 4 is 34.8 Å². The lowest BCUT2D eigenvalue weighted by Gasteiger charge is -2.28. The summed E-state index contributed by atoms with van der Waals surface area (Å²) in [4.78, 5) is 25.4. The molecule has 1 saturated carbocycles. The second kappa shape index (κ2) is 7.13. The molecule has 1 amide bonds. The number of carbonyl (C=O) groups is 1. The van der Waals surface area contributed by atoms with Gasteiger partial charge in [0.05, 0.1) is 0 Å². The maximum absolute atomic E-state index is 12.4. The molecule has 3 heterocycles. The molecular formula is C17H19N5OS2. The van der Waals surface area contributed by atoms with Gasteiger partial charge in [0.2, 0.25) is 5.78 Å². The first-order valence-corrected chi connectivity index (χ1v) is 10.1. The lowest BCUT2D eigenvalue weighted by Crippen LogP contribution is -2.38. The third kappa shape index (κ3) is 3.85. The van der Waals surface area contributed by atoms with Gasteiger partial charge in [-0.3, -0.25) is 9.20 Å². The summed E-state index contributed by atoms with van der Waals surface area (Å²) in [6.07, 6.45) is 9.44. The minimum atomic E-state index is -0.114. The van der Waals surface area contributed by atoms with Crippen LogP contribution in [0, 0.1) is 6.92 Å². The van der Waals surface area contributed by atoms with Crippen LogP contribution in [0.1, 0.15) is 41.9 Å². The molecule has 0 spiro atoms. The number of aryl methyl sites for hydroxylation is 1. The molecule has 1 aliphatic carbocycles. The minimum Gasteiger partial charge on any atom is -0.348 e. The first-order chi connectivity index (χ1) is 12.2. The summed E-state index contributed by atoms with van der Waals surface area (Å²) in [5.41, 5.74) is 1.52. The van der Waals surface area contributed by atoms with Crippen molar-refractivity contribution in [1.82, 2.24) is 24.7 Å². The van der Waals surface area contributed by atoms with Crippen molar-refractivity contribution in [3.8, 4) is 0 Å². The molecule has 0 atom stereocenters. The predicted molar refractivity (Wildman–Crippen MR) is 99.2 cm³/mol. The number of aromatic nitrogens is 4. The molecule has 0 saturated heterocycles. The van der Waals surface area contributed by atoms with Crippen LogP contribution in [0.5, 0.6) is 0 Å². The van der Waals surface area contributed by atoms with Gasteiger partial charge in [0.1, 0.15) is 10.0 Å². The Morgan fingerprint density at radius 1 is 1.32 bits per heavy atom. The molecule has 1 aliphatic rings. The molecule has 3 aromatic rings. The number of imidazole rings is 1. The van der Waals surface area contributed by atoms with E-state index in [-0.39, 0.29) is 11.9 Å². The normalized spacial score (nSPS) is 20.7. The maximum Gasteiger partial charge on any atom is 0.271 e. The van der Waals surface area contributed by atoms with Crippen molar-refractivity contribution in [3.05, 3.63) is 41.4 Å². The van der Waals surface area contributed by atoms with E-state index in [9.17, 15) is 4.79 Å². The number of nitrogens with zero attached hydrogens (tertiary/aromatic N) is 4. The van der Waals surface area contributed by atoms with Crippen LogP contribution in [0.25, 0.3) is 5.78 Å². The van der Waals surface area contributed by atoms with E-state index < -0.39 is 0 Å². The highest BCUT2D eigenvalue weighted by Crippen LogP contribution is 2.35. The van der Waals surface area contributed by atoms with Crippen molar-refractivity contribution in [3.63, 3.8) is 0 Å². The van der Waals surface area contributed by atoms with Crippen molar-refractivity contribution in [1.29, 1.82) is 0 Å². The number of carbonyl (C=O) groups excluding carboxylic acids is 1. The van der Waals surface area contributed by atoms with Crippen LogP contribution in [-0.4, -0.2) is 36.6 Å². The Kier molecular flexibility index (Phi) is 4.72. The summed E-state index contributed by atoms with van der Waals surface area (Å²) in [5, 5.41) is 5.81. The highest BCUT2D eigenvalue weighted by molar-refractivity contribution is 8.01.